The molecule has 1 aliphatic rings. The molecular weight excluding hydrogens is 317 g/mol. The molecule has 0 aliphatic heterocycles. The van der Waals surface area contributed by atoms with Gasteiger partial charge in [0.2, 0.25) is 10.0 Å². The summed E-state index contributed by atoms with van der Waals surface area (Å²) in [5.74, 6) is -0.951. The number of hydrogen-bond acceptors (Lipinski definition) is 3. The van der Waals surface area contributed by atoms with Crippen molar-refractivity contribution in [2.24, 2.45) is 5.41 Å². The smallest absolute Gasteiger partial charge is 0.243 e. The molecule has 4 nitrogen and oxygen atoms in total. The molecule has 0 spiro atoms. The molecular formula is C14H19ClFNO3S. The lowest BCUT2D eigenvalue weighted by Crippen LogP contribution is -2.41. The highest BCUT2D eigenvalue weighted by Gasteiger charge is 2.33. The Morgan fingerprint density at radius 2 is 1.95 bits per heavy atom. The zero-order valence-corrected chi connectivity index (χ0v) is 13.2. The zero-order valence-electron chi connectivity index (χ0n) is 11.6. The van der Waals surface area contributed by atoms with Gasteiger partial charge < -0.3 is 5.11 Å². The molecule has 2 rings (SSSR count). The van der Waals surface area contributed by atoms with Crippen LogP contribution in [0.1, 0.15) is 32.1 Å². The second kappa shape index (κ2) is 6.60. The van der Waals surface area contributed by atoms with E-state index in [0.717, 1.165) is 32.1 Å². The van der Waals surface area contributed by atoms with Gasteiger partial charge in [0.15, 0.2) is 5.82 Å². The van der Waals surface area contributed by atoms with Crippen molar-refractivity contribution in [2.75, 3.05) is 13.2 Å². The molecule has 0 atom stereocenters. The van der Waals surface area contributed by atoms with Gasteiger partial charge >= 0.3 is 0 Å². The summed E-state index contributed by atoms with van der Waals surface area (Å²) in [5, 5.41) is 9.35. The first-order valence-electron chi connectivity index (χ1n) is 6.95. The van der Waals surface area contributed by atoms with Gasteiger partial charge in [0, 0.05) is 18.6 Å². The summed E-state index contributed by atoms with van der Waals surface area (Å²) in [7, 11) is -3.98. The van der Waals surface area contributed by atoms with E-state index in [1.807, 2.05) is 0 Å². The van der Waals surface area contributed by atoms with Crippen molar-refractivity contribution >= 4 is 21.6 Å². The van der Waals surface area contributed by atoms with Crippen LogP contribution in [0.5, 0.6) is 0 Å². The molecule has 0 unspecified atom stereocenters. The summed E-state index contributed by atoms with van der Waals surface area (Å²) < 4.78 is 40.7. The van der Waals surface area contributed by atoms with Gasteiger partial charge in [-0.25, -0.2) is 17.5 Å². The minimum Gasteiger partial charge on any atom is -0.396 e. The first-order valence-corrected chi connectivity index (χ1v) is 8.81. The predicted molar refractivity (Wildman–Crippen MR) is 79.2 cm³/mol. The monoisotopic (exact) mass is 335 g/mol. The fraction of sp³-hybridized carbons (Fsp3) is 0.571. The summed E-state index contributed by atoms with van der Waals surface area (Å²) in [5.41, 5.74) is -0.444. The zero-order chi connectivity index (χ0) is 15.5. The van der Waals surface area contributed by atoms with E-state index in [4.69, 9.17) is 11.6 Å². The molecule has 0 aromatic heterocycles. The molecule has 2 N–H and O–H groups in total. The fourth-order valence-electron chi connectivity index (χ4n) is 2.71. The Bertz CT molecular complexity index is 600. The second-order valence-corrected chi connectivity index (χ2v) is 7.74. The number of aliphatic hydroxyl groups is 1. The maximum absolute atomic E-state index is 13.8. The molecule has 1 saturated carbocycles. The molecule has 118 valence electrons. The molecule has 1 fully saturated rings. The largest absolute Gasteiger partial charge is 0.396 e. The number of nitrogens with one attached hydrogen (secondary N) is 1. The van der Waals surface area contributed by atoms with Crippen molar-refractivity contribution in [3.8, 4) is 0 Å². The third-order valence-corrected chi connectivity index (χ3v) is 5.80. The van der Waals surface area contributed by atoms with E-state index in [1.165, 1.54) is 18.2 Å². The van der Waals surface area contributed by atoms with Crippen LogP contribution in [0.3, 0.4) is 0 Å². The van der Waals surface area contributed by atoms with Crippen LogP contribution in [-0.2, 0) is 10.0 Å². The fourth-order valence-corrected chi connectivity index (χ4v) is 4.20. The standard InChI is InChI=1S/C14H19ClFNO3S/c15-11-5-4-6-12(13(11)16)21(19,20)17-9-14(10-18)7-2-1-3-8-14/h4-6,17-18H,1-3,7-10H2. The Labute approximate surface area is 129 Å². The van der Waals surface area contributed by atoms with E-state index in [1.54, 1.807) is 0 Å². The highest BCUT2D eigenvalue weighted by Crippen LogP contribution is 2.35. The SMILES string of the molecule is O=S(=O)(NCC1(CO)CCCCC1)c1cccc(Cl)c1F. The normalized spacial score (nSPS) is 18.6. The number of sulfonamides is 1. The summed E-state index contributed by atoms with van der Waals surface area (Å²) in [6, 6.07) is 3.87. The minimum absolute atomic E-state index is 0.0758. The lowest BCUT2D eigenvalue weighted by Gasteiger charge is -2.35. The molecule has 7 heteroatoms. The van der Waals surface area contributed by atoms with Crippen molar-refractivity contribution in [1.82, 2.24) is 4.72 Å². The van der Waals surface area contributed by atoms with Crippen molar-refractivity contribution in [3.05, 3.63) is 29.0 Å². The van der Waals surface area contributed by atoms with Crippen LogP contribution in [-0.4, -0.2) is 26.7 Å². The van der Waals surface area contributed by atoms with E-state index < -0.39 is 26.2 Å². The summed E-state index contributed by atoms with van der Waals surface area (Å²) in [6.07, 6.45) is 4.56. The molecule has 1 aromatic rings. The van der Waals surface area contributed by atoms with Crippen molar-refractivity contribution in [2.45, 2.75) is 37.0 Å². The topological polar surface area (TPSA) is 66.4 Å². The van der Waals surface area contributed by atoms with Crippen LogP contribution in [0, 0.1) is 11.2 Å². The summed E-state index contributed by atoms with van der Waals surface area (Å²) in [4.78, 5) is -0.459. The highest BCUT2D eigenvalue weighted by atomic mass is 35.5. The lowest BCUT2D eigenvalue weighted by atomic mass is 9.75. The van der Waals surface area contributed by atoms with Gasteiger partial charge in [0.25, 0.3) is 0 Å². The third-order valence-electron chi connectivity index (χ3n) is 4.09. The van der Waals surface area contributed by atoms with Crippen LogP contribution < -0.4 is 4.72 Å². The molecule has 21 heavy (non-hydrogen) atoms. The molecule has 0 bridgehead atoms. The molecule has 1 aromatic carbocycles. The Balaban J connectivity index is 2.16. The Morgan fingerprint density at radius 1 is 1.29 bits per heavy atom. The second-order valence-electron chi connectivity index (χ2n) is 5.60. The number of rotatable bonds is 5. The van der Waals surface area contributed by atoms with Crippen LogP contribution in [0.15, 0.2) is 23.1 Å². The van der Waals surface area contributed by atoms with Gasteiger partial charge in [-0.1, -0.05) is 36.9 Å². The number of halogens is 2. The Kier molecular flexibility index (Phi) is 5.24. The third kappa shape index (κ3) is 3.74. The van der Waals surface area contributed by atoms with E-state index in [0.29, 0.717) is 0 Å². The van der Waals surface area contributed by atoms with E-state index in [2.05, 4.69) is 4.72 Å². The Hall–Kier alpha value is -0.690. The van der Waals surface area contributed by atoms with E-state index >= 15 is 0 Å². The summed E-state index contributed by atoms with van der Waals surface area (Å²) >= 11 is 5.62. The number of benzene rings is 1. The number of hydrogen-bond donors (Lipinski definition) is 2. The quantitative estimate of drug-likeness (QED) is 0.869. The maximum Gasteiger partial charge on any atom is 0.243 e. The highest BCUT2D eigenvalue weighted by molar-refractivity contribution is 7.89. The average molecular weight is 336 g/mol. The maximum atomic E-state index is 13.8. The van der Waals surface area contributed by atoms with Crippen molar-refractivity contribution in [1.29, 1.82) is 0 Å². The molecule has 0 radical (unpaired) electrons. The van der Waals surface area contributed by atoms with Crippen molar-refractivity contribution < 1.29 is 17.9 Å². The van der Waals surface area contributed by atoms with Crippen LogP contribution in [0.25, 0.3) is 0 Å². The van der Waals surface area contributed by atoms with Crippen LogP contribution >= 0.6 is 11.6 Å². The average Bonchev–Trinajstić information content (AvgIpc) is 2.49. The van der Waals surface area contributed by atoms with Gasteiger partial charge in [-0.3, -0.25) is 0 Å². The van der Waals surface area contributed by atoms with E-state index in [-0.39, 0.29) is 18.2 Å². The van der Waals surface area contributed by atoms with Crippen LogP contribution in [0.4, 0.5) is 4.39 Å². The Morgan fingerprint density at radius 3 is 2.57 bits per heavy atom. The molecule has 0 heterocycles. The number of aliphatic hydroxyl groups excluding tert-OH is 1. The molecule has 0 saturated heterocycles. The van der Waals surface area contributed by atoms with Gasteiger partial charge in [-0.2, -0.15) is 0 Å². The van der Waals surface area contributed by atoms with E-state index in [9.17, 15) is 17.9 Å². The first kappa shape index (κ1) is 16.7. The van der Waals surface area contributed by atoms with Crippen LogP contribution in [0.2, 0.25) is 5.02 Å². The minimum atomic E-state index is -3.98. The van der Waals surface area contributed by atoms with Crippen molar-refractivity contribution in [3.63, 3.8) is 0 Å². The molecule has 1 aliphatic carbocycles. The van der Waals surface area contributed by atoms with Gasteiger partial charge in [0.1, 0.15) is 4.90 Å². The van der Waals surface area contributed by atoms with Gasteiger partial charge in [-0.15, -0.1) is 0 Å². The van der Waals surface area contributed by atoms with Gasteiger partial charge in [-0.05, 0) is 25.0 Å². The lowest BCUT2D eigenvalue weighted by molar-refractivity contribution is 0.0867. The first-order chi connectivity index (χ1) is 9.90. The summed E-state index contributed by atoms with van der Waals surface area (Å²) in [6.45, 7) is 0.0331. The molecule has 0 amide bonds. The van der Waals surface area contributed by atoms with Gasteiger partial charge in [0.05, 0.1) is 5.02 Å². The predicted octanol–water partition coefficient (Wildman–Crippen LogP) is 2.70.